The Morgan fingerprint density at radius 2 is 0.908 bits per heavy atom. The van der Waals surface area contributed by atoms with Crippen LogP contribution in [-0.4, -0.2) is 146 Å². The molecule has 26 heteroatoms. The number of ether oxygens (including phenoxy) is 14. The molecule has 1 aliphatic carbocycles. The molecule has 662 valence electrons. The molecule has 1 N–H and O–H groups in total. The summed E-state index contributed by atoms with van der Waals surface area (Å²) < 4.78 is 124. The fourth-order valence-electron chi connectivity index (χ4n) is 14.2. The Morgan fingerprint density at radius 1 is 0.508 bits per heavy atom. The molecule has 0 radical (unpaired) electrons. The Balaban J connectivity index is 1.23. The minimum atomic E-state index is -5.12. The van der Waals surface area contributed by atoms with E-state index in [1.165, 1.54) is 77.0 Å². The molecule has 2 fully saturated rings. The van der Waals surface area contributed by atoms with E-state index in [1.807, 2.05) is 54.6 Å². The number of aliphatic hydroxyl groups is 1. The van der Waals surface area contributed by atoms with Crippen LogP contribution in [0.2, 0.25) is 0 Å². The van der Waals surface area contributed by atoms with E-state index in [0.29, 0.717) is 52.7 Å². The summed E-state index contributed by atoms with van der Waals surface area (Å²) in [4.78, 5) is 31.1. The molecule has 25 nitrogen and oxygen atoms in total. The number of unbranched alkanes of at least 4 members (excludes halogenated alkanes) is 22. The van der Waals surface area contributed by atoms with E-state index >= 15 is 4.57 Å². The largest absolute Gasteiger partial charge is 0.497 e. The lowest BCUT2D eigenvalue weighted by Crippen LogP contribution is -2.64. The normalized spacial score (nSPS) is 19.9. The number of methoxy groups -OCH3 is 5. The number of esters is 2. The Bertz CT molecular complexity index is 3770. The first kappa shape index (κ1) is 99.2. The van der Waals surface area contributed by atoms with E-state index < -0.39 is 107 Å². The zero-order valence-electron chi connectivity index (χ0n) is 72.1. The van der Waals surface area contributed by atoms with Crippen LogP contribution in [0.4, 0.5) is 0 Å². The van der Waals surface area contributed by atoms with Crippen molar-refractivity contribution >= 4 is 19.8 Å². The van der Waals surface area contributed by atoms with E-state index in [-0.39, 0.29) is 65.3 Å². The quantitative estimate of drug-likeness (QED) is 0.00719. The third kappa shape index (κ3) is 38.3. The third-order valence-corrected chi connectivity index (χ3v) is 22.8. The maximum Gasteiger partial charge on any atom is 0.475 e. The van der Waals surface area contributed by atoms with Gasteiger partial charge in [-0.05, 0) is 158 Å². The summed E-state index contributed by atoms with van der Waals surface area (Å²) in [6.45, 7) is 2.40. The fourth-order valence-corrected chi connectivity index (χ4v) is 15.6. The summed E-state index contributed by atoms with van der Waals surface area (Å²) in [6.07, 6.45) is 23.3. The highest BCUT2D eigenvalue weighted by Gasteiger charge is 2.55. The monoisotopic (exact) mass is 1690 g/mol. The van der Waals surface area contributed by atoms with Gasteiger partial charge in [0.05, 0.1) is 113 Å². The second-order valence-corrected chi connectivity index (χ2v) is 32.2. The van der Waals surface area contributed by atoms with Crippen LogP contribution in [-0.2, 0) is 103 Å². The van der Waals surface area contributed by atoms with Crippen molar-refractivity contribution < 1.29 is 99.1 Å². The topological polar surface area (TPSA) is 301 Å². The Hall–Kier alpha value is -7.89. The van der Waals surface area contributed by atoms with Crippen molar-refractivity contribution in [3.05, 3.63) is 184 Å². The summed E-state index contributed by atoms with van der Waals surface area (Å²) in [7, 11) is 2.71. The molecule has 1 saturated carbocycles. The van der Waals surface area contributed by atoms with Crippen LogP contribution in [0.5, 0.6) is 28.7 Å². The van der Waals surface area contributed by atoms with Gasteiger partial charge in [0.25, 0.3) is 0 Å². The van der Waals surface area contributed by atoms with Crippen molar-refractivity contribution in [3.63, 3.8) is 0 Å². The standard InChI is InChI=1S/C94H135N4O21P/c1-8-10-12-14-16-18-20-22-24-26-28-30-32-34-36-39-86(99)110-69-82(116-87(100)40-37-35-33-31-29-27-25-23-21-19-17-15-13-11-9-2)70-115-120(102,114-62-38-61-95)119-84-63-83(109-65-73-43-53-78(104-4)54-44-73)90(111-66-74-45-55-79(105-5)56-46-74)93(113-68-76-49-59-81(107-7)60-50-76)91(84)118-94-88(97-98-96)92(112-67-75-47-57-80(106-6)58-48-75)89(101)85(117-94)71-108-64-72-41-51-77(103-3)52-42-72/h22-25,41-60,82-85,88-94,101H,8-21,26-40,62-71H2,1-7H3/b24-22-,25-23-/t82-,83-,84+,85+,88+,89+,90+,91-,92+,93-,94+,120?/m0/s1. The van der Waals surface area contributed by atoms with Gasteiger partial charge in [0.2, 0.25) is 0 Å². The molecule has 1 unspecified atom stereocenters. The summed E-state index contributed by atoms with van der Waals surface area (Å²) in [5.41, 5.74) is 14.2. The summed E-state index contributed by atoms with van der Waals surface area (Å²) in [5, 5.41) is 26.9. The van der Waals surface area contributed by atoms with E-state index in [2.05, 4.69) is 48.2 Å². The number of allylic oxidation sites excluding steroid dienone is 4. The first-order chi connectivity index (χ1) is 58.7. The van der Waals surface area contributed by atoms with Gasteiger partial charge in [0.15, 0.2) is 12.4 Å². The number of nitriles is 1. The molecule has 7 rings (SSSR count). The van der Waals surface area contributed by atoms with Gasteiger partial charge >= 0.3 is 19.8 Å². The summed E-state index contributed by atoms with van der Waals surface area (Å²) in [5.74, 6) is 1.94. The lowest BCUT2D eigenvalue weighted by atomic mass is 9.86. The Labute approximate surface area is 713 Å². The Morgan fingerprint density at radius 3 is 1.34 bits per heavy atom. The number of carbonyl (C=O) groups is 2. The van der Waals surface area contributed by atoms with Gasteiger partial charge in [-0.25, -0.2) is 4.57 Å². The van der Waals surface area contributed by atoms with E-state index in [9.17, 15) is 25.5 Å². The number of phosphoric acid groups is 1. The lowest BCUT2D eigenvalue weighted by molar-refractivity contribution is -0.320. The van der Waals surface area contributed by atoms with E-state index in [4.69, 9.17) is 79.9 Å². The predicted octanol–water partition coefficient (Wildman–Crippen LogP) is 21.1. The van der Waals surface area contributed by atoms with Crippen LogP contribution >= 0.6 is 7.82 Å². The second kappa shape index (κ2) is 59.8. The maximum atomic E-state index is 16.3. The van der Waals surface area contributed by atoms with Crippen molar-refractivity contribution in [1.29, 1.82) is 5.26 Å². The first-order valence-electron chi connectivity index (χ1n) is 43.6. The van der Waals surface area contributed by atoms with Crippen molar-refractivity contribution in [2.45, 2.75) is 307 Å². The molecule has 0 spiro atoms. The van der Waals surface area contributed by atoms with Gasteiger partial charge in [-0.3, -0.25) is 23.2 Å². The van der Waals surface area contributed by atoms with Gasteiger partial charge in [0, 0.05) is 24.2 Å². The van der Waals surface area contributed by atoms with Crippen LogP contribution in [0.15, 0.2) is 151 Å². The molecular weight excluding hydrogens is 1550 g/mol. The highest BCUT2D eigenvalue weighted by atomic mass is 31.2. The molecule has 5 aromatic carbocycles. The van der Waals surface area contributed by atoms with Gasteiger partial charge < -0.3 is 71.4 Å². The summed E-state index contributed by atoms with van der Waals surface area (Å²) in [6, 6.07) is 36.8. The fraction of sp³-hybridized carbons (Fsp3) is 0.606. The zero-order chi connectivity index (χ0) is 85.5. The minimum absolute atomic E-state index is 0.0125. The first-order valence-corrected chi connectivity index (χ1v) is 45.0. The van der Waals surface area contributed by atoms with Crippen LogP contribution < -0.4 is 23.7 Å². The maximum absolute atomic E-state index is 16.3. The SMILES string of the molecule is CCCCCCCC/C=C\CCCCCCCC(=O)OC[C@@H](COP(=O)(OCCC#N)O[C@@H]1C[C@H](OCc2ccc(OC)cc2)[C@@H](OCc2ccc(OC)cc2)[C@H](OCc2ccc(OC)cc2)[C@H]1O[C@H]1O[C@H](COCc2ccc(OC)cc2)[C@@H](O)[C@H](OCc2ccc(OC)cc2)[C@H]1N=[N+]=[N-])OC(=O)CCCCCCC/C=C\CCCCCCCC. The van der Waals surface area contributed by atoms with Crippen molar-refractivity contribution in [1.82, 2.24) is 0 Å². The molecule has 0 aromatic heterocycles. The number of carbonyl (C=O) groups excluding carboxylic acids is 2. The Kier molecular flexibility index (Phi) is 49.4. The molecule has 1 saturated heterocycles. The van der Waals surface area contributed by atoms with Gasteiger partial charge in [-0.15, -0.1) is 0 Å². The third-order valence-electron chi connectivity index (χ3n) is 21.3. The molecule has 0 bridgehead atoms. The number of aliphatic hydroxyl groups excluding tert-OH is 1. The molecule has 1 heterocycles. The molecule has 2 aliphatic rings. The number of benzene rings is 5. The van der Waals surface area contributed by atoms with Crippen molar-refractivity contribution in [2.24, 2.45) is 5.11 Å². The van der Waals surface area contributed by atoms with Crippen molar-refractivity contribution in [2.75, 3.05) is 62.0 Å². The number of nitrogens with zero attached hydrogens (tertiary/aromatic N) is 4. The number of phosphoric ester groups is 1. The van der Waals surface area contributed by atoms with Gasteiger partial charge in [-0.2, -0.15) is 5.26 Å². The second-order valence-electron chi connectivity index (χ2n) is 30.6. The zero-order valence-corrected chi connectivity index (χ0v) is 73.0. The van der Waals surface area contributed by atoms with Crippen LogP contribution in [0.25, 0.3) is 10.4 Å². The van der Waals surface area contributed by atoms with Gasteiger partial charge in [0.1, 0.15) is 78.0 Å². The molecule has 5 aromatic rings. The van der Waals surface area contributed by atoms with Crippen LogP contribution in [0.1, 0.15) is 234 Å². The number of azide groups is 1. The average Bonchev–Trinajstić information content (AvgIpc) is 0.764. The highest BCUT2D eigenvalue weighted by Crippen LogP contribution is 2.54. The number of hydrogen-bond acceptors (Lipinski definition) is 23. The molecule has 120 heavy (non-hydrogen) atoms. The van der Waals surface area contributed by atoms with Crippen LogP contribution in [0, 0.1) is 11.3 Å². The number of hydrogen-bond donors (Lipinski definition) is 1. The molecular formula is C94H135N4O21P. The average molecular weight is 1690 g/mol. The molecule has 0 amide bonds. The predicted molar refractivity (Wildman–Crippen MR) is 460 cm³/mol. The van der Waals surface area contributed by atoms with E-state index in [0.717, 1.165) is 93.7 Å². The highest BCUT2D eigenvalue weighted by molar-refractivity contribution is 7.48. The summed E-state index contributed by atoms with van der Waals surface area (Å²) >= 11 is 0. The van der Waals surface area contributed by atoms with Crippen molar-refractivity contribution in [3.8, 4) is 34.8 Å². The van der Waals surface area contributed by atoms with E-state index in [1.54, 1.807) is 108 Å². The number of rotatable bonds is 65. The minimum Gasteiger partial charge on any atom is -0.497 e. The smallest absolute Gasteiger partial charge is 0.475 e. The van der Waals surface area contributed by atoms with Gasteiger partial charge in [-0.1, -0.05) is 207 Å². The van der Waals surface area contributed by atoms with Crippen LogP contribution in [0.3, 0.4) is 0 Å². The lowest BCUT2D eigenvalue weighted by Gasteiger charge is -2.49. The molecule has 12 atom stereocenters. The molecule has 1 aliphatic heterocycles.